The lowest BCUT2D eigenvalue weighted by Crippen LogP contribution is -2.30. The van der Waals surface area contributed by atoms with Gasteiger partial charge in [-0.1, -0.05) is 31.5 Å². The largest absolute Gasteiger partial charge is 0.481 e. The van der Waals surface area contributed by atoms with Crippen LogP contribution in [0.2, 0.25) is 0 Å². The molecule has 0 fully saturated rings. The van der Waals surface area contributed by atoms with E-state index in [1.165, 1.54) is 5.69 Å². The Balaban J connectivity index is 2.67. The molecule has 0 amide bonds. The van der Waals surface area contributed by atoms with E-state index >= 15 is 0 Å². The molecule has 18 heavy (non-hydrogen) atoms. The van der Waals surface area contributed by atoms with E-state index in [0.717, 1.165) is 25.9 Å². The van der Waals surface area contributed by atoms with Crippen LogP contribution in [0.1, 0.15) is 33.1 Å². The summed E-state index contributed by atoms with van der Waals surface area (Å²) in [6.45, 7) is 5.94. The van der Waals surface area contributed by atoms with Crippen LogP contribution in [0.3, 0.4) is 0 Å². The van der Waals surface area contributed by atoms with Crippen LogP contribution in [0, 0.1) is 5.92 Å². The van der Waals surface area contributed by atoms with Crippen LogP contribution < -0.4 is 4.90 Å². The SMILES string of the molecule is CCCC(CC(=O)O)CN(CC)c1ccccc1. The first-order chi connectivity index (χ1) is 8.67. The molecule has 0 aliphatic carbocycles. The number of para-hydroxylation sites is 1. The van der Waals surface area contributed by atoms with Gasteiger partial charge >= 0.3 is 5.97 Å². The van der Waals surface area contributed by atoms with Gasteiger partial charge in [-0.15, -0.1) is 0 Å². The Kier molecular flexibility index (Phi) is 6.26. The Hall–Kier alpha value is -1.51. The Labute approximate surface area is 109 Å². The van der Waals surface area contributed by atoms with Crippen LogP contribution >= 0.6 is 0 Å². The fourth-order valence-corrected chi connectivity index (χ4v) is 2.28. The van der Waals surface area contributed by atoms with Crippen molar-refractivity contribution in [2.45, 2.75) is 33.1 Å². The minimum atomic E-state index is -0.697. The van der Waals surface area contributed by atoms with Gasteiger partial charge in [0.2, 0.25) is 0 Å². The molecule has 0 heterocycles. The number of anilines is 1. The summed E-state index contributed by atoms with van der Waals surface area (Å²) in [7, 11) is 0. The maximum atomic E-state index is 10.9. The summed E-state index contributed by atoms with van der Waals surface area (Å²) in [5.41, 5.74) is 1.17. The lowest BCUT2D eigenvalue weighted by atomic mass is 9.99. The third kappa shape index (κ3) is 4.78. The molecule has 3 heteroatoms. The molecule has 1 atom stereocenters. The predicted octanol–water partition coefficient (Wildman–Crippen LogP) is 3.40. The van der Waals surface area contributed by atoms with Crippen molar-refractivity contribution in [3.8, 4) is 0 Å². The number of carbonyl (C=O) groups is 1. The number of nitrogens with zero attached hydrogens (tertiary/aromatic N) is 1. The molecule has 1 N–H and O–H groups in total. The lowest BCUT2D eigenvalue weighted by Gasteiger charge is -2.27. The summed E-state index contributed by atoms with van der Waals surface area (Å²) < 4.78 is 0. The predicted molar refractivity (Wildman–Crippen MR) is 75.0 cm³/mol. The van der Waals surface area contributed by atoms with Gasteiger partial charge in [-0.05, 0) is 31.4 Å². The van der Waals surface area contributed by atoms with Crippen molar-refractivity contribution < 1.29 is 9.90 Å². The smallest absolute Gasteiger partial charge is 0.303 e. The number of aliphatic carboxylic acids is 1. The molecule has 0 aromatic heterocycles. The number of carboxylic acid groups (broad SMARTS) is 1. The van der Waals surface area contributed by atoms with Gasteiger partial charge < -0.3 is 10.0 Å². The monoisotopic (exact) mass is 249 g/mol. The molecule has 1 aromatic rings. The van der Waals surface area contributed by atoms with Gasteiger partial charge in [0.15, 0.2) is 0 Å². The van der Waals surface area contributed by atoms with Crippen LogP contribution in [0.5, 0.6) is 0 Å². The second-order valence-corrected chi connectivity index (χ2v) is 4.63. The first kappa shape index (κ1) is 14.6. The van der Waals surface area contributed by atoms with Crippen LogP contribution in [-0.2, 0) is 4.79 Å². The fourth-order valence-electron chi connectivity index (χ4n) is 2.28. The summed E-state index contributed by atoms with van der Waals surface area (Å²) in [5.74, 6) is -0.467. The zero-order valence-electron chi connectivity index (χ0n) is 11.3. The van der Waals surface area contributed by atoms with E-state index in [-0.39, 0.29) is 12.3 Å². The Morgan fingerprint density at radius 1 is 1.28 bits per heavy atom. The fraction of sp³-hybridized carbons (Fsp3) is 0.533. The zero-order valence-corrected chi connectivity index (χ0v) is 11.3. The molecule has 0 aliphatic heterocycles. The standard InChI is InChI=1S/C15H23NO2/c1-3-8-13(11-15(17)18)12-16(4-2)14-9-6-5-7-10-14/h5-7,9-10,13H,3-4,8,11-12H2,1-2H3,(H,17,18). The van der Waals surface area contributed by atoms with Gasteiger partial charge in [0.25, 0.3) is 0 Å². The second-order valence-electron chi connectivity index (χ2n) is 4.63. The average molecular weight is 249 g/mol. The van der Waals surface area contributed by atoms with E-state index in [0.29, 0.717) is 0 Å². The molecule has 1 rings (SSSR count). The van der Waals surface area contributed by atoms with E-state index in [9.17, 15) is 4.79 Å². The van der Waals surface area contributed by atoms with Crippen molar-refractivity contribution in [3.63, 3.8) is 0 Å². The first-order valence-electron chi connectivity index (χ1n) is 6.69. The van der Waals surface area contributed by atoms with Crippen LogP contribution in [0.25, 0.3) is 0 Å². The summed E-state index contributed by atoms with van der Waals surface area (Å²) in [4.78, 5) is 13.1. The van der Waals surface area contributed by atoms with E-state index in [2.05, 4.69) is 30.9 Å². The quantitative estimate of drug-likeness (QED) is 0.767. The van der Waals surface area contributed by atoms with Gasteiger partial charge in [-0.25, -0.2) is 0 Å². The van der Waals surface area contributed by atoms with Crippen LogP contribution in [0.15, 0.2) is 30.3 Å². The maximum absolute atomic E-state index is 10.9. The highest BCUT2D eigenvalue weighted by molar-refractivity contribution is 5.67. The van der Waals surface area contributed by atoms with Crippen LogP contribution in [-0.4, -0.2) is 24.2 Å². The van der Waals surface area contributed by atoms with Crippen LogP contribution in [0.4, 0.5) is 5.69 Å². The molecule has 0 bridgehead atoms. The summed E-state index contributed by atoms with van der Waals surface area (Å²) in [6, 6.07) is 10.2. The van der Waals surface area contributed by atoms with Crippen molar-refractivity contribution in [3.05, 3.63) is 30.3 Å². The summed E-state index contributed by atoms with van der Waals surface area (Å²) in [5, 5.41) is 8.95. The molecule has 1 unspecified atom stereocenters. The topological polar surface area (TPSA) is 40.5 Å². The van der Waals surface area contributed by atoms with Gasteiger partial charge in [0.1, 0.15) is 0 Å². The number of rotatable bonds is 8. The Morgan fingerprint density at radius 3 is 2.44 bits per heavy atom. The van der Waals surface area contributed by atoms with E-state index in [1.807, 2.05) is 18.2 Å². The summed E-state index contributed by atoms with van der Waals surface area (Å²) >= 11 is 0. The zero-order chi connectivity index (χ0) is 13.4. The first-order valence-corrected chi connectivity index (χ1v) is 6.69. The normalized spacial score (nSPS) is 12.1. The molecule has 1 aromatic carbocycles. The minimum absolute atomic E-state index is 0.229. The molecule has 0 spiro atoms. The van der Waals surface area contributed by atoms with Gasteiger partial charge in [0, 0.05) is 25.2 Å². The van der Waals surface area contributed by atoms with Crippen molar-refractivity contribution in [1.29, 1.82) is 0 Å². The molecule has 0 radical (unpaired) electrons. The van der Waals surface area contributed by atoms with Crippen molar-refractivity contribution in [2.75, 3.05) is 18.0 Å². The number of carboxylic acids is 1. The van der Waals surface area contributed by atoms with Gasteiger partial charge in [-0.2, -0.15) is 0 Å². The highest BCUT2D eigenvalue weighted by Crippen LogP contribution is 2.19. The minimum Gasteiger partial charge on any atom is -0.481 e. The molecule has 0 aliphatic rings. The highest BCUT2D eigenvalue weighted by Gasteiger charge is 2.16. The average Bonchev–Trinajstić information content (AvgIpc) is 2.36. The summed E-state index contributed by atoms with van der Waals surface area (Å²) in [6.07, 6.45) is 2.26. The highest BCUT2D eigenvalue weighted by atomic mass is 16.4. The molecule has 100 valence electrons. The Bertz CT molecular complexity index is 351. The Morgan fingerprint density at radius 2 is 1.94 bits per heavy atom. The molecule has 0 saturated carbocycles. The van der Waals surface area contributed by atoms with E-state index < -0.39 is 5.97 Å². The molecule has 0 saturated heterocycles. The number of benzene rings is 1. The number of hydrogen-bond acceptors (Lipinski definition) is 2. The van der Waals surface area contributed by atoms with E-state index in [1.54, 1.807) is 0 Å². The number of hydrogen-bond donors (Lipinski definition) is 1. The van der Waals surface area contributed by atoms with Gasteiger partial charge in [0.05, 0.1) is 0 Å². The lowest BCUT2D eigenvalue weighted by molar-refractivity contribution is -0.138. The van der Waals surface area contributed by atoms with Gasteiger partial charge in [-0.3, -0.25) is 4.79 Å². The van der Waals surface area contributed by atoms with E-state index in [4.69, 9.17) is 5.11 Å². The second kappa shape index (κ2) is 7.75. The maximum Gasteiger partial charge on any atom is 0.303 e. The molecular formula is C15H23NO2. The van der Waals surface area contributed by atoms with Crippen molar-refractivity contribution in [2.24, 2.45) is 5.92 Å². The molecular weight excluding hydrogens is 226 g/mol. The third-order valence-electron chi connectivity index (χ3n) is 3.14. The molecule has 3 nitrogen and oxygen atoms in total. The third-order valence-corrected chi connectivity index (χ3v) is 3.14. The van der Waals surface area contributed by atoms with Crippen molar-refractivity contribution >= 4 is 11.7 Å². The van der Waals surface area contributed by atoms with Crippen molar-refractivity contribution in [1.82, 2.24) is 0 Å².